The Morgan fingerprint density at radius 2 is 1.90 bits per heavy atom. The molecule has 0 amide bonds. The quantitative estimate of drug-likeness (QED) is 0.840. The van der Waals surface area contributed by atoms with Crippen LogP contribution in [0.1, 0.15) is 38.4 Å². The molecule has 112 valence electrons. The van der Waals surface area contributed by atoms with Gasteiger partial charge < -0.3 is 9.74 Å². The van der Waals surface area contributed by atoms with Gasteiger partial charge in [-0.2, -0.15) is 0 Å². The minimum Gasteiger partial charge on any atom is -0.391 e. The molecule has 5 heteroatoms. The molecule has 0 radical (unpaired) electrons. The van der Waals surface area contributed by atoms with Crippen molar-refractivity contribution in [3.05, 3.63) is 35.9 Å². The van der Waals surface area contributed by atoms with Crippen molar-refractivity contribution in [3.8, 4) is 0 Å². The molecule has 1 unspecified atom stereocenters. The second kappa shape index (κ2) is 8.95. The van der Waals surface area contributed by atoms with Gasteiger partial charge in [0.05, 0.1) is 0 Å². The van der Waals surface area contributed by atoms with Crippen LogP contribution in [0, 0.1) is 0 Å². The van der Waals surface area contributed by atoms with Gasteiger partial charge in [0.2, 0.25) is 5.90 Å². The second-order valence-corrected chi connectivity index (χ2v) is 4.69. The zero-order valence-corrected chi connectivity index (χ0v) is 13.0. The summed E-state index contributed by atoms with van der Waals surface area (Å²) in [6.07, 6.45) is 1.93. The topological polar surface area (TPSA) is 36.9 Å². The van der Waals surface area contributed by atoms with Crippen molar-refractivity contribution >= 4 is 18.3 Å². The van der Waals surface area contributed by atoms with E-state index in [9.17, 15) is 0 Å². The van der Waals surface area contributed by atoms with Crippen LogP contribution in [0.3, 0.4) is 0 Å². The molecule has 1 aliphatic heterocycles. The van der Waals surface area contributed by atoms with Gasteiger partial charge in [-0.05, 0) is 31.6 Å². The molecule has 1 atom stereocenters. The molecule has 4 nitrogen and oxygen atoms in total. The summed E-state index contributed by atoms with van der Waals surface area (Å²) in [7, 11) is 0. The molecule has 0 saturated carbocycles. The third kappa shape index (κ3) is 4.78. The Balaban J connectivity index is 0.00000200. The van der Waals surface area contributed by atoms with Crippen LogP contribution in [0.4, 0.5) is 0 Å². The van der Waals surface area contributed by atoms with Gasteiger partial charge in [0.15, 0.2) is 6.17 Å². The molecule has 20 heavy (non-hydrogen) atoms. The zero-order valence-electron chi connectivity index (χ0n) is 12.2. The van der Waals surface area contributed by atoms with E-state index in [0.717, 1.165) is 43.9 Å². The van der Waals surface area contributed by atoms with Crippen molar-refractivity contribution in [2.45, 2.75) is 32.9 Å². The molecule has 0 saturated heterocycles. The largest absolute Gasteiger partial charge is 0.391 e. The average Bonchev–Trinajstić information content (AvgIpc) is 2.93. The van der Waals surface area contributed by atoms with Crippen LogP contribution in [0.5, 0.6) is 0 Å². The van der Waals surface area contributed by atoms with Gasteiger partial charge in [-0.1, -0.05) is 44.2 Å². The summed E-state index contributed by atoms with van der Waals surface area (Å²) in [4.78, 5) is 12.4. The summed E-state index contributed by atoms with van der Waals surface area (Å²) >= 11 is 0. The summed E-state index contributed by atoms with van der Waals surface area (Å²) in [6.45, 7) is 7.70. The van der Waals surface area contributed by atoms with Crippen LogP contribution in [0.25, 0.3) is 0 Å². The molecule has 1 aliphatic rings. The lowest BCUT2D eigenvalue weighted by molar-refractivity contribution is 0.174. The van der Waals surface area contributed by atoms with Crippen LogP contribution >= 0.6 is 12.4 Å². The Labute approximate surface area is 127 Å². The highest BCUT2D eigenvalue weighted by Crippen LogP contribution is 2.19. The van der Waals surface area contributed by atoms with Crippen molar-refractivity contribution in [2.24, 2.45) is 4.99 Å². The lowest BCUT2D eigenvalue weighted by Gasteiger charge is -2.17. The Bertz CT molecular complexity index is 407. The number of nitrogens with zero attached hydrogens (tertiary/aromatic N) is 2. The van der Waals surface area contributed by atoms with Gasteiger partial charge >= 0.3 is 0 Å². The van der Waals surface area contributed by atoms with Crippen molar-refractivity contribution in [1.29, 1.82) is 0 Å². The first-order valence-electron chi connectivity index (χ1n) is 7.09. The fraction of sp³-hybridized carbons (Fsp3) is 0.533. The minimum absolute atomic E-state index is 0. The van der Waals surface area contributed by atoms with E-state index in [-0.39, 0.29) is 18.6 Å². The number of hydroxylamine groups is 1. The Kier molecular flexibility index (Phi) is 7.59. The normalized spacial score (nSPS) is 17.6. The SMILES string of the molecule is CCN(CC)CCCC1=NC(c2ccccc2)NO1.Cl. The molecular weight excluding hydrogens is 274 g/mol. The van der Waals surface area contributed by atoms with Gasteiger partial charge in [0.25, 0.3) is 0 Å². The number of aliphatic imine (C=N–C) groups is 1. The van der Waals surface area contributed by atoms with Crippen LogP contribution < -0.4 is 5.48 Å². The van der Waals surface area contributed by atoms with E-state index < -0.39 is 0 Å². The Hall–Kier alpha value is -1.10. The fourth-order valence-electron chi connectivity index (χ4n) is 2.21. The lowest BCUT2D eigenvalue weighted by atomic mass is 10.2. The maximum atomic E-state index is 5.45. The van der Waals surface area contributed by atoms with Crippen LogP contribution in [0.2, 0.25) is 0 Å². The number of hydrogen-bond acceptors (Lipinski definition) is 4. The first kappa shape index (κ1) is 17.0. The number of nitrogens with one attached hydrogen (secondary N) is 1. The van der Waals surface area contributed by atoms with Crippen LogP contribution in [0.15, 0.2) is 35.3 Å². The summed E-state index contributed by atoms with van der Waals surface area (Å²) < 4.78 is 0. The highest BCUT2D eigenvalue weighted by Gasteiger charge is 2.19. The van der Waals surface area contributed by atoms with Crippen LogP contribution in [-0.2, 0) is 4.84 Å². The fourth-order valence-corrected chi connectivity index (χ4v) is 2.21. The van der Waals surface area contributed by atoms with E-state index >= 15 is 0 Å². The van der Waals surface area contributed by atoms with Gasteiger partial charge in [-0.15, -0.1) is 17.9 Å². The summed E-state index contributed by atoms with van der Waals surface area (Å²) in [5, 5.41) is 0. The van der Waals surface area contributed by atoms with Crippen molar-refractivity contribution in [2.75, 3.05) is 19.6 Å². The van der Waals surface area contributed by atoms with Gasteiger partial charge in [0.1, 0.15) is 0 Å². The molecule has 0 spiro atoms. The molecule has 1 N–H and O–H groups in total. The Morgan fingerprint density at radius 1 is 1.20 bits per heavy atom. The van der Waals surface area contributed by atoms with Gasteiger partial charge in [-0.3, -0.25) is 0 Å². The van der Waals surface area contributed by atoms with Gasteiger partial charge in [-0.25, -0.2) is 4.99 Å². The van der Waals surface area contributed by atoms with Crippen molar-refractivity contribution in [1.82, 2.24) is 10.4 Å². The predicted octanol–water partition coefficient (Wildman–Crippen LogP) is 3.16. The van der Waals surface area contributed by atoms with E-state index in [0.29, 0.717) is 0 Å². The summed E-state index contributed by atoms with van der Waals surface area (Å²) in [5.41, 5.74) is 4.11. The molecule has 0 aliphatic carbocycles. The first-order valence-corrected chi connectivity index (χ1v) is 7.09. The second-order valence-electron chi connectivity index (χ2n) is 4.69. The number of rotatable bonds is 7. The smallest absolute Gasteiger partial charge is 0.211 e. The molecule has 0 aromatic heterocycles. The molecule has 1 heterocycles. The van der Waals surface area contributed by atoms with E-state index in [1.807, 2.05) is 18.2 Å². The highest BCUT2D eigenvalue weighted by atomic mass is 35.5. The van der Waals surface area contributed by atoms with E-state index in [4.69, 9.17) is 4.84 Å². The molecule has 2 rings (SSSR count). The predicted molar refractivity (Wildman–Crippen MR) is 85.1 cm³/mol. The van der Waals surface area contributed by atoms with Gasteiger partial charge in [0, 0.05) is 6.42 Å². The lowest BCUT2D eigenvalue weighted by Crippen LogP contribution is -2.24. The molecular formula is C15H24ClN3O. The standard InChI is InChI=1S/C15H23N3O.ClH/c1-3-18(4-2)12-8-11-14-16-15(17-19-14)13-9-6-5-7-10-13;/h5-7,9-10,15,17H,3-4,8,11-12H2,1-2H3;1H. The summed E-state index contributed by atoms with van der Waals surface area (Å²) in [5.74, 6) is 0.820. The molecule has 1 aromatic rings. The molecule has 1 aromatic carbocycles. The van der Waals surface area contributed by atoms with E-state index in [2.05, 4.69) is 41.4 Å². The third-order valence-corrected chi connectivity index (χ3v) is 3.44. The van der Waals surface area contributed by atoms with Crippen molar-refractivity contribution < 1.29 is 4.84 Å². The van der Waals surface area contributed by atoms with E-state index in [1.165, 1.54) is 0 Å². The maximum Gasteiger partial charge on any atom is 0.211 e. The number of hydrogen-bond donors (Lipinski definition) is 1. The summed E-state index contributed by atoms with van der Waals surface area (Å²) in [6, 6.07) is 10.2. The zero-order chi connectivity index (χ0) is 13.5. The van der Waals surface area contributed by atoms with E-state index in [1.54, 1.807) is 0 Å². The highest BCUT2D eigenvalue weighted by molar-refractivity contribution is 5.85. The number of benzene rings is 1. The molecule has 0 fully saturated rings. The Morgan fingerprint density at radius 3 is 2.55 bits per heavy atom. The average molecular weight is 298 g/mol. The molecule has 0 bridgehead atoms. The monoisotopic (exact) mass is 297 g/mol. The van der Waals surface area contributed by atoms with Crippen molar-refractivity contribution in [3.63, 3.8) is 0 Å². The number of halogens is 1. The first-order chi connectivity index (χ1) is 9.33. The minimum atomic E-state index is -0.0512. The van der Waals surface area contributed by atoms with Crippen LogP contribution in [-0.4, -0.2) is 30.4 Å². The maximum absolute atomic E-state index is 5.45. The third-order valence-electron chi connectivity index (χ3n) is 3.44.